The van der Waals surface area contributed by atoms with E-state index >= 15 is 0 Å². The Morgan fingerprint density at radius 1 is 1.08 bits per heavy atom. The van der Waals surface area contributed by atoms with Crippen molar-refractivity contribution < 1.29 is 9.22 Å². The molecule has 0 amide bonds. The summed E-state index contributed by atoms with van der Waals surface area (Å²) in [5.41, 5.74) is 2.52. The fraction of sp³-hybridized carbons (Fsp3) is 0.522. The van der Waals surface area contributed by atoms with Gasteiger partial charge in [0.25, 0.3) is 0 Å². The standard InChI is InChI=1S/C23H36O2Si/c1-5-13-22(17-19-25-26(6-2,7-3)8-4)23(16-12-18-24)20-21-14-10-9-11-15-21/h9-11,14-15,17-20,22H,5-8,12-13,16H2,1-4H3/b19-17-,23-20+. The Balaban J connectivity index is 3.01. The second-order valence-electron chi connectivity index (χ2n) is 6.92. The third kappa shape index (κ3) is 7.33. The van der Waals surface area contributed by atoms with Gasteiger partial charge in [0, 0.05) is 12.3 Å². The smallest absolute Gasteiger partial charge is 0.249 e. The highest BCUT2D eigenvalue weighted by Crippen LogP contribution is 2.27. The molecule has 3 heteroatoms. The van der Waals surface area contributed by atoms with Crippen molar-refractivity contribution in [3.63, 3.8) is 0 Å². The number of hydrogen-bond acceptors (Lipinski definition) is 2. The molecular formula is C23H36O2Si. The van der Waals surface area contributed by atoms with Crippen molar-refractivity contribution in [3.8, 4) is 0 Å². The van der Waals surface area contributed by atoms with Crippen LogP contribution >= 0.6 is 0 Å². The topological polar surface area (TPSA) is 26.3 Å². The lowest BCUT2D eigenvalue weighted by atomic mass is 9.89. The summed E-state index contributed by atoms with van der Waals surface area (Å²) in [6.45, 7) is 8.97. The van der Waals surface area contributed by atoms with Gasteiger partial charge in [-0.3, -0.25) is 0 Å². The van der Waals surface area contributed by atoms with Crippen molar-refractivity contribution in [2.45, 2.75) is 71.5 Å². The maximum Gasteiger partial charge on any atom is 0.249 e. The van der Waals surface area contributed by atoms with Gasteiger partial charge in [0.1, 0.15) is 6.29 Å². The van der Waals surface area contributed by atoms with E-state index in [1.54, 1.807) is 0 Å². The lowest BCUT2D eigenvalue weighted by molar-refractivity contribution is -0.107. The summed E-state index contributed by atoms with van der Waals surface area (Å²) in [5, 5.41) is 0. The van der Waals surface area contributed by atoms with Crippen LogP contribution in [0.25, 0.3) is 6.08 Å². The highest BCUT2D eigenvalue weighted by Gasteiger charge is 2.29. The first-order valence-electron chi connectivity index (χ1n) is 10.2. The van der Waals surface area contributed by atoms with Gasteiger partial charge in [0.15, 0.2) is 0 Å². The molecule has 1 rings (SSSR count). The number of allylic oxidation sites excluding steroid dienone is 2. The van der Waals surface area contributed by atoms with E-state index in [0.717, 1.165) is 43.7 Å². The van der Waals surface area contributed by atoms with Crippen molar-refractivity contribution in [3.05, 3.63) is 53.8 Å². The normalized spacial score (nSPS) is 13.8. The Kier molecular flexibility index (Phi) is 10.9. The molecule has 144 valence electrons. The zero-order valence-electron chi connectivity index (χ0n) is 17.0. The molecule has 0 saturated heterocycles. The minimum atomic E-state index is -1.60. The Hall–Kier alpha value is -1.61. The number of hydrogen-bond donors (Lipinski definition) is 0. The summed E-state index contributed by atoms with van der Waals surface area (Å²) in [6.07, 6.45) is 11.0. The molecule has 26 heavy (non-hydrogen) atoms. The number of rotatable bonds is 13. The summed E-state index contributed by atoms with van der Waals surface area (Å²) in [5.74, 6) is 0.331. The van der Waals surface area contributed by atoms with Gasteiger partial charge in [-0.1, -0.05) is 76.1 Å². The van der Waals surface area contributed by atoms with E-state index < -0.39 is 8.32 Å². The Labute approximate surface area is 161 Å². The molecule has 0 saturated carbocycles. The van der Waals surface area contributed by atoms with E-state index in [9.17, 15) is 4.79 Å². The molecule has 1 aromatic carbocycles. The van der Waals surface area contributed by atoms with E-state index in [0.29, 0.717) is 12.3 Å². The maximum atomic E-state index is 10.9. The molecular weight excluding hydrogens is 336 g/mol. The van der Waals surface area contributed by atoms with Gasteiger partial charge < -0.3 is 9.22 Å². The first kappa shape index (κ1) is 22.4. The zero-order chi connectivity index (χ0) is 19.3. The van der Waals surface area contributed by atoms with Crippen molar-refractivity contribution in [2.24, 2.45) is 5.92 Å². The quantitative estimate of drug-likeness (QED) is 0.212. The minimum absolute atomic E-state index is 0.331. The van der Waals surface area contributed by atoms with Crippen LogP contribution in [-0.4, -0.2) is 14.6 Å². The van der Waals surface area contributed by atoms with Crippen LogP contribution < -0.4 is 0 Å². The van der Waals surface area contributed by atoms with Crippen molar-refractivity contribution >= 4 is 20.7 Å². The molecule has 0 fully saturated rings. The number of benzene rings is 1. The number of carbonyl (C=O) groups excluding carboxylic acids is 1. The number of aldehydes is 1. The molecule has 1 unspecified atom stereocenters. The van der Waals surface area contributed by atoms with Gasteiger partial charge in [-0.05, 0) is 42.6 Å². The third-order valence-electron chi connectivity index (χ3n) is 5.34. The fourth-order valence-electron chi connectivity index (χ4n) is 3.35. The van der Waals surface area contributed by atoms with E-state index in [-0.39, 0.29) is 0 Å². The van der Waals surface area contributed by atoms with Crippen molar-refractivity contribution in [1.82, 2.24) is 0 Å². The van der Waals surface area contributed by atoms with E-state index in [1.807, 2.05) is 12.3 Å². The molecule has 0 spiro atoms. The lowest BCUT2D eigenvalue weighted by Gasteiger charge is -2.27. The summed E-state index contributed by atoms with van der Waals surface area (Å²) in [7, 11) is -1.60. The van der Waals surface area contributed by atoms with Crippen LogP contribution in [0.5, 0.6) is 0 Å². The summed E-state index contributed by atoms with van der Waals surface area (Å²) in [6, 6.07) is 13.8. The third-order valence-corrected chi connectivity index (χ3v) is 9.84. The van der Waals surface area contributed by atoms with Gasteiger partial charge in [-0.25, -0.2) is 0 Å². The van der Waals surface area contributed by atoms with Crippen LogP contribution in [0, 0.1) is 5.92 Å². The first-order chi connectivity index (χ1) is 12.6. The van der Waals surface area contributed by atoms with Gasteiger partial charge >= 0.3 is 0 Å². The summed E-state index contributed by atoms with van der Waals surface area (Å²) in [4.78, 5) is 10.9. The van der Waals surface area contributed by atoms with Crippen molar-refractivity contribution in [1.29, 1.82) is 0 Å². The predicted molar refractivity (Wildman–Crippen MR) is 116 cm³/mol. The Morgan fingerprint density at radius 2 is 1.73 bits per heavy atom. The molecule has 2 nitrogen and oxygen atoms in total. The molecule has 1 atom stereocenters. The van der Waals surface area contributed by atoms with E-state index in [4.69, 9.17) is 4.43 Å². The predicted octanol–water partition coefficient (Wildman–Crippen LogP) is 7.00. The second kappa shape index (κ2) is 12.7. The second-order valence-corrected chi connectivity index (χ2v) is 11.6. The van der Waals surface area contributed by atoms with Crippen LogP contribution in [0.15, 0.2) is 48.2 Å². The van der Waals surface area contributed by atoms with E-state index in [1.165, 1.54) is 11.1 Å². The molecule has 0 bridgehead atoms. The molecule has 0 radical (unpaired) electrons. The summed E-state index contributed by atoms with van der Waals surface area (Å²) < 4.78 is 6.32. The average molecular weight is 373 g/mol. The highest BCUT2D eigenvalue weighted by molar-refractivity contribution is 6.73. The summed E-state index contributed by atoms with van der Waals surface area (Å²) >= 11 is 0. The molecule has 0 aromatic heterocycles. The van der Waals surface area contributed by atoms with Crippen LogP contribution in [0.2, 0.25) is 18.1 Å². The van der Waals surface area contributed by atoms with Crippen LogP contribution in [0.3, 0.4) is 0 Å². The van der Waals surface area contributed by atoms with E-state index in [2.05, 4.69) is 64.1 Å². The fourth-order valence-corrected chi connectivity index (χ4v) is 5.72. The Bertz CT molecular complexity index is 551. The maximum absolute atomic E-state index is 10.9. The van der Waals surface area contributed by atoms with Crippen LogP contribution in [0.4, 0.5) is 0 Å². The molecule has 0 heterocycles. The van der Waals surface area contributed by atoms with Gasteiger partial charge in [-0.2, -0.15) is 0 Å². The van der Waals surface area contributed by atoms with Gasteiger partial charge in [0.05, 0.1) is 6.26 Å². The van der Waals surface area contributed by atoms with Crippen LogP contribution in [-0.2, 0) is 9.22 Å². The van der Waals surface area contributed by atoms with Gasteiger partial charge in [-0.15, -0.1) is 0 Å². The highest BCUT2D eigenvalue weighted by atomic mass is 28.4. The largest absolute Gasteiger partial charge is 0.549 e. The SMILES string of the molecule is CCCC(/C=C\O[Si](CC)(CC)CC)/C(=C/c1ccccc1)CCC=O. The molecule has 0 aliphatic rings. The first-order valence-corrected chi connectivity index (χ1v) is 12.7. The molecule has 0 aliphatic heterocycles. The van der Waals surface area contributed by atoms with Gasteiger partial charge in [0.2, 0.25) is 8.32 Å². The average Bonchev–Trinajstić information content (AvgIpc) is 2.69. The molecule has 0 N–H and O–H groups in total. The number of carbonyl (C=O) groups is 1. The van der Waals surface area contributed by atoms with Crippen molar-refractivity contribution in [2.75, 3.05) is 0 Å². The van der Waals surface area contributed by atoms with Crippen LogP contribution in [0.1, 0.15) is 58.9 Å². The lowest BCUT2D eigenvalue weighted by Crippen LogP contribution is -2.33. The Morgan fingerprint density at radius 3 is 2.27 bits per heavy atom. The molecule has 1 aromatic rings. The minimum Gasteiger partial charge on any atom is -0.549 e. The zero-order valence-corrected chi connectivity index (χ0v) is 18.0. The molecule has 0 aliphatic carbocycles. The monoisotopic (exact) mass is 372 g/mol.